The average Bonchev–Trinajstić information content (AvgIpc) is 3.26. The van der Waals surface area contributed by atoms with Gasteiger partial charge in [-0.05, 0) is 46.0 Å². The van der Waals surface area contributed by atoms with Gasteiger partial charge >= 0.3 is 0 Å². The molecule has 4 aliphatic carbocycles. The van der Waals surface area contributed by atoms with E-state index in [4.69, 9.17) is 0 Å². The van der Waals surface area contributed by atoms with Gasteiger partial charge in [-0.15, -0.1) is 0 Å². The summed E-state index contributed by atoms with van der Waals surface area (Å²) >= 11 is 3.26. The summed E-state index contributed by atoms with van der Waals surface area (Å²) in [6.45, 7) is 0. The van der Waals surface area contributed by atoms with Crippen molar-refractivity contribution in [2.75, 3.05) is 0 Å². The number of hydrogen-bond donors (Lipinski definition) is 1. The van der Waals surface area contributed by atoms with Crippen molar-refractivity contribution >= 4 is 33.7 Å². The molecule has 3 fully saturated rings. The predicted octanol–water partition coefficient (Wildman–Crippen LogP) is 0.881. The van der Waals surface area contributed by atoms with Crippen LogP contribution in [0.25, 0.3) is 0 Å². The molecule has 1 aromatic rings. The van der Waals surface area contributed by atoms with Crippen LogP contribution in [0.3, 0.4) is 0 Å². The topological polar surface area (TPSA) is 84.3 Å². The molecular weight excluding hydrogens is 376 g/mol. The van der Waals surface area contributed by atoms with Gasteiger partial charge < -0.3 is 0 Å². The number of imide groups is 1. The highest BCUT2D eigenvalue weighted by atomic mass is 79.9. The number of hydrazine groups is 1. The summed E-state index contributed by atoms with van der Waals surface area (Å²) in [5, 5.41) is 4.98. The van der Waals surface area contributed by atoms with Crippen molar-refractivity contribution in [2.45, 2.75) is 6.42 Å². The maximum absolute atomic E-state index is 12.8. The van der Waals surface area contributed by atoms with E-state index in [2.05, 4.69) is 38.6 Å². The molecule has 0 spiro atoms. The Morgan fingerprint density at radius 3 is 2.29 bits per heavy atom. The largest absolute Gasteiger partial charge is 0.291 e. The van der Waals surface area contributed by atoms with E-state index < -0.39 is 5.91 Å². The molecule has 6 atom stereocenters. The smallest absolute Gasteiger partial charge is 0.274 e. The molecule has 2 bridgehead atoms. The van der Waals surface area contributed by atoms with Crippen molar-refractivity contribution < 1.29 is 14.4 Å². The van der Waals surface area contributed by atoms with Gasteiger partial charge in [0.1, 0.15) is 0 Å². The molecule has 2 heterocycles. The van der Waals surface area contributed by atoms with E-state index in [-0.39, 0.29) is 41.2 Å². The second-order valence-corrected chi connectivity index (χ2v) is 7.96. The zero-order valence-corrected chi connectivity index (χ0v) is 14.4. The fraction of sp³-hybridized carbons (Fsp3) is 0.500. The number of nitrogens with one attached hydrogen (secondary N) is 1. The zero-order valence-electron chi connectivity index (χ0n) is 12.8. The van der Waals surface area contributed by atoms with Crippen LogP contribution >= 0.6 is 15.9 Å². The number of hydrogen-bond acceptors (Lipinski definition) is 4. The van der Waals surface area contributed by atoms with Crippen LogP contribution in [0.2, 0.25) is 0 Å². The number of rotatable bonds is 2. The molecule has 1 saturated heterocycles. The lowest BCUT2D eigenvalue weighted by molar-refractivity contribution is -0.143. The normalized spacial score (nSPS) is 38.3. The molecule has 0 aromatic carbocycles. The zero-order chi connectivity index (χ0) is 16.7. The Balaban J connectivity index is 1.42. The van der Waals surface area contributed by atoms with E-state index in [9.17, 15) is 14.4 Å². The average molecular weight is 391 g/mol. The van der Waals surface area contributed by atoms with Gasteiger partial charge in [0.15, 0.2) is 5.69 Å². The SMILES string of the molecule is Cn1cc(Br)c(C(=O)NN2C(=O)[C@@H]3[C@H]4C=C[C@@H]([C@@H]5C[C@@H]45)[C@H]3C2=O)n1. The minimum atomic E-state index is -0.562. The summed E-state index contributed by atoms with van der Waals surface area (Å²) in [5.74, 6) is -0.391. The molecule has 3 amide bonds. The summed E-state index contributed by atoms with van der Waals surface area (Å²) in [7, 11) is 1.69. The van der Waals surface area contributed by atoms with Crippen molar-refractivity contribution in [2.24, 2.45) is 42.6 Å². The van der Waals surface area contributed by atoms with Crippen LogP contribution in [0.15, 0.2) is 22.8 Å². The lowest BCUT2D eigenvalue weighted by atomic mass is 9.63. The number of aryl methyl sites for hydroxylation is 1. The van der Waals surface area contributed by atoms with Crippen molar-refractivity contribution in [1.29, 1.82) is 0 Å². The van der Waals surface area contributed by atoms with Gasteiger partial charge in [0, 0.05) is 13.2 Å². The first-order valence-electron chi connectivity index (χ1n) is 8.03. The van der Waals surface area contributed by atoms with Gasteiger partial charge in [-0.2, -0.15) is 10.1 Å². The molecule has 1 aromatic heterocycles. The minimum absolute atomic E-state index is 0.143. The minimum Gasteiger partial charge on any atom is -0.274 e. The summed E-state index contributed by atoms with van der Waals surface area (Å²) in [5.41, 5.74) is 2.62. The van der Waals surface area contributed by atoms with Crippen molar-refractivity contribution in [3.8, 4) is 0 Å². The fourth-order valence-electron chi connectivity index (χ4n) is 4.84. The Bertz CT molecular complexity index is 795. The molecule has 124 valence electrons. The quantitative estimate of drug-likeness (QED) is 0.599. The third kappa shape index (κ3) is 1.72. The van der Waals surface area contributed by atoms with E-state index in [1.807, 2.05) is 0 Å². The lowest BCUT2D eigenvalue weighted by Crippen LogP contribution is -2.47. The second kappa shape index (κ2) is 4.56. The molecule has 6 rings (SSSR count). The molecule has 2 saturated carbocycles. The van der Waals surface area contributed by atoms with Gasteiger partial charge in [-0.25, -0.2) is 0 Å². The number of carbonyl (C=O) groups is 3. The van der Waals surface area contributed by atoms with Crippen LogP contribution in [0, 0.1) is 35.5 Å². The summed E-state index contributed by atoms with van der Waals surface area (Å²) < 4.78 is 2.01. The van der Waals surface area contributed by atoms with Gasteiger partial charge in [0.25, 0.3) is 17.7 Å². The number of aromatic nitrogens is 2. The van der Waals surface area contributed by atoms with Gasteiger partial charge in [-0.3, -0.25) is 24.5 Å². The first-order chi connectivity index (χ1) is 11.5. The summed E-state index contributed by atoms with van der Waals surface area (Å²) in [6, 6.07) is 0. The predicted molar refractivity (Wildman–Crippen MR) is 84.9 cm³/mol. The van der Waals surface area contributed by atoms with Crippen LogP contribution in [0.1, 0.15) is 16.9 Å². The van der Waals surface area contributed by atoms with E-state index >= 15 is 0 Å². The van der Waals surface area contributed by atoms with E-state index in [1.165, 1.54) is 4.68 Å². The first-order valence-corrected chi connectivity index (χ1v) is 8.83. The van der Waals surface area contributed by atoms with Crippen LogP contribution in [0.5, 0.6) is 0 Å². The van der Waals surface area contributed by atoms with Crippen molar-refractivity contribution in [1.82, 2.24) is 20.2 Å². The van der Waals surface area contributed by atoms with Gasteiger partial charge in [0.2, 0.25) is 0 Å². The summed E-state index contributed by atoms with van der Waals surface area (Å²) in [4.78, 5) is 38.0. The Morgan fingerprint density at radius 2 is 1.79 bits per heavy atom. The number of carbonyl (C=O) groups excluding carboxylic acids is 3. The highest BCUT2D eigenvalue weighted by molar-refractivity contribution is 9.10. The number of nitrogens with zero attached hydrogens (tertiary/aromatic N) is 3. The summed E-state index contributed by atoms with van der Waals surface area (Å²) in [6.07, 6.45) is 6.96. The lowest BCUT2D eigenvalue weighted by Gasteiger charge is -2.37. The van der Waals surface area contributed by atoms with E-state index in [0.717, 1.165) is 11.4 Å². The highest BCUT2D eigenvalue weighted by Crippen LogP contribution is 2.65. The number of allylic oxidation sites excluding steroid dienone is 2. The van der Waals surface area contributed by atoms with Gasteiger partial charge in [-0.1, -0.05) is 12.2 Å². The maximum atomic E-state index is 12.8. The molecule has 0 unspecified atom stereocenters. The standard InChI is InChI=1S/C16H15BrN4O3/c1-20-5-10(17)13(18-20)14(22)19-21-15(23)11-6-2-3-7(9-4-8(6)9)12(11)16(21)24/h2-3,5-9,11-12H,4H2,1H3,(H,19,22)/t6-,7-,8-,9-,11+,12+/m0/s1. The molecular formula is C16H15BrN4O3. The number of amides is 3. The van der Waals surface area contributed by atoms with Crippen molar-refractivity contribution in [3.63, 3.8) is 0 Å². The van der Waals surface area contributed by atoms with Crippen LogP contribution < -0.4 is 5.43 Å². The molecule has 1 aliphatic heterocycles. The maximum Gasteiger partial charge on any atom is 0.291 e. The fourth-order valence-corrected chi connectivity index (χ4v) is 5.39. The van der Waals surface area contributed by atoms with Crippen molar-refractivity contribution in [3.05, 3.63) is 28.5 Å². The third-order valence-electron chi connectivity index (χ3n) is 5.88. The van der Waals surface area contributed by atoms with Crippen LogP contribution in [-0.4, -0.2) is 32.5 Å². The van der Waals surface area contributed by atoms with Crippen LogP contribution in [0.4, 0.5) is 0 Å². The highest BCUT2D eigenvalue weighted by Gasteiger charge is 2.67. The van der Waals surface area contributed by atoms with Gasteiger partial charge in [0.05, 0.1) is 16.3 Å². The molecule has 8 heteroatoms. The third-order valence-corrected chi connectivity index (χ3v) is 6.46. The Kier molecular flexibility index (Phi) is 2.73. The molecule has 7 nitrogen and oxygen atoms in total. The van der Waals surface area contributed by atoms with E-state index in [0.29, 0.717) is 16.3 Å². The molecule has 0 radical (unpaired) electrons. The Labute approximate surface area is 146 Å². The molecule has 5 aliphatic rings. The monoisotopic (exact) mass is 390 g/mol. The number of halogens is 1. The van der Waals surface area contributed by atoms with E-state index in [1.54, 1.807) is 13.2 Å². The molecule has 24 heavy (non-hydrogen) atoms. The van der Waals surface area contributed by atoms with Crippen LogP contribution in [-0.2, 0) is 16.6 Å². The molecule has 1 N–H and O–H groups in total. The first kappa shape index (κ1) is 14.4. The Morgan fingerprint density at radius 1 is 1.21 bits per heavy atom. The second-order valence-electron chi connectivity index (χ2n) is 7.11. The Hall–Kier alpha value is -1.96.